The minimum absolute atomic E-state index is 0.311. The summed E-state index contributed by atoms with van der Waals surface area (Å²) >= 11 is 16.6. The van der Waals surface area contributed by atoms with E-state index >= 15 is 0 Å². The quantitative estimate of drug-likeness (QED) is 0.299. The number of hydrogen-bond donors (Lipinski definition) is 1. The molecule has 1 N–H and O–H groups in total. The molecule has 0 aliphatic carbocycles. The molecule has 0 aliphatic heterocycles. The topological polar surface area (TPSA) is 55.4 Å². The van der Waals surface area contributed by atoms with Crippen molar-refractivity contribution < 1.29 is 14.3 Å². The second-order valence-electron chi connectivity index (χ2n) is 5.84. The molecular formula is C21H14BrCl2NO3S. The molecule has 0 radical (unpaired) electrons. The van der Waals surface area contributed by atoms with Crippen molar-refractivity contribution >= 4 is 73.4 Å². The first kappa shape index (κ1) is 21.6. The number of carbonyl (C=O) groups is 2. The first-order valence-electron chi connectivity index (χ1n) is 8.29. The molecule has 0 spiro atoms. The molecule has 0 fully saturated rings. The van der Waals surface area contributed by atoms with E-state index in [0.29, 0.717) is 31.7 Å². The summed E-state index contributed by atoms with van der Waals surface area (Å²) in [4.78, 5) is 24.8. The smallest absolute Gasteiger partial charge is 0.341 e. The van der Waals surface area contributed by atoms with Crippen LogP contribution in [0.2, 0.25) is 10.0 Å². The van der Waals surface area contributed by atoms with Gasteiger partial charge in [0.25, 0.3) is 0 Å². The summed E-state index contributed by atoms with van der Waals surface area (Å²) < 4.78 is 5.84. The van der Waals surface area contributed by atoms with Crippen molar-refractivity contribution in [1.29, 1.82) is 0 Å². The summed E-state index contributed by atoms with van der Waals surface area (Å²) in [5, 5.41) is 5.91. The van der Waals surface area contributed by atoms with Crippen molar-refractivity contribution in [2.75, 3.05) is 12.4 Å². The van der Waals surface area contributed by atoms with Gasteiger partial charge in [0.15, 0.2) is 0 Å². The number of amides is 1. The molecule has 1 amide bonds. The predicted molar refractivity (Wildman–Crippen MR) is 123 cm³/mol. The van der Waals surface area contributed by atoms with Crippen LogP contribution >= 0.6 is 50.5 Å². The van der Waals surface area contributed by atoms with Crippen LogP contribution in [0.4, 0.5) is 5.00 Å². The highest BCUT2D eigenvalue weighted by Crippen LogP contribution is 2.36. The monoisotopic (exact) mass is 509 g/mol. The first-order valence-corrected chi connectivity index (χ1v) is 10.7. The number of esters is 1. The molecule has 3 rings (SSSR count). The Bertz CT molecular complexity index is 1090. The van der Waals surface area contributed by atoms with Crippen LogP contribution in [0.3, 0.4) is 0 Å². The lowest BCUT2D eigenvalue weighted by molar-refractivity contribution is -0.111. The fraction of sp³-hybridized carbons (Fsp3) is 0.0476. The highest BCUT2D eigenvalue weighted by atomic mass is 79.9. The zero-order valence-electron chi connectivity index (χ0n) is 15.0. The van der Waals surface area contributed by atoms with Gasteiger partial charge in [0.1, 0.15) is 10.6 Å². The van der Waals surface area contributed by atoms with Crippen molar-refractivity contribution in [3.05, 3.63) is 79.6 Å². The molecular weight excluding hydrogens is 497 g/mol. The van der Waals surface area contributed by atoms with Gasteiger partial charge in [-0.25, -0.2) is 4.79 Å². The molecule has 0 saturated heterocycles. The number of rotatable bonds is 5. The van der Waals surface area contributed by atoms with Gasteiger partial charge in [0.05, 0.1) is 7.11 Å². The van der Waals surface area contributed by atoms with E-state index in [-0.39, 0.29) is 0 Å². The molecule has 0 unspecified atom stereocenters. The van der Waals surface area contributed by atoms with Gasteiger partial charge in [-0.2, -0.15) is 0 Å². The molecule has 3 aromatic rings. The second kappa shape index (κ2) is 9.59. The third-order valence-corrected chi connectivity index (χ3v) is 5.94. The van der Waals surface area contributed by atoms with Crippen LogP contribution in [0.25, 0.3) is 17.2 Å². The van der Waals surface area contributed by atoms with Crippen molar-refractivity contribution in [2.45, 2.75) is 0 Å². The lowest BCUT2D eigenvalue weighted by Crippen LogP contribution is -2.11. The van der Waals surface area contributed by atoms with Gasteiger partial charge in [0, 0.05) is 31.5 Å². The van der Waals surface area contributed by atoms with E-state index in [1.165, 1.54) is 24.5 Å². The standard InChI is InChI=1S/C21H14BrCl2NO3S/c1-28-21(27)19-16(12-2-6-14(22)7-3-12)11-29-20(19)25-18(26)9-5-13-4-8-15(23)10-17(13)24/h2-11H,1H3,(H,25,26)/b9-5+. The molecule has 29 heavy (non-hydrogen) atoms. The van der Waals surface area contributed by atoms with E-state index in [0.717, 1.165) is 10.0 Å². The Morgan fingerprint density at radius 3 is 2.52 bits per heavy atom. The fourth-order valence-electron chi connectivity index (χ4n) is 2.55. The number of ether oxygens (including phenoxy) is 1. The summed E-state index contributed by atoms with van der Waals surface area (Å²) in [6, 6.07) is 12.5. The maximum absolute atomic E-state index is 12.4. The summed E-state index contributed by atoms with van der Waals surface area (Å²) in [5.74, 6) is -0.922. The molecule has 0 aliphatic rings. The number of carbonyl (C=O) groups excluding carboxylic acids is 2. The minimum atomic E-state index is -0.524. The van der Waals surface area contributed by atoms with Gasteiger partial charge in [-0.05, 0) is 41.5 Å². The second-order valence-corrected chi connectivity index (χ2v) is 8.48. The Balaban J connectivity index is 1.86. The van der Waals surface area contributed by atoms with Gasteiger partial charge >= 0.3 is 5.97 Å². The molecule has 0 bridgehead atoms. The maximum Gasteiger partial charge on any atom is 0.341 e. The van der Waals surface area contributed by atoms with E-state index in [9.17, 15) is 9.59 Å². The van der Waals surface area contributed by atoms with Crippen molar-refractivity contribution in [3.63, 3.8) is 0 Å². The van der Waals surface area contributed by atoms with Crippen LogP contribution in [0.1, 0.15) is 15.9 Å². The van der Waals surface area contributed by atoms with Crippen LogP contribution < -0.4 is 5.32 Å². The number of thiophene rings is 1. The summed E-state index contributed by atoms with van der Waals surface area (Å²) in [5.41, 5.74) is 2.50. The van der Waals surface area contributed by atoms with Crippen LogP contribution in [-0.4, -0.2) is 19.0 Å². The Labute approximate surface area is 190 Å². The van der Waals surface area contributed by atoms with Gasteiger partial charge in [0.2, 0.25) is 5.91 Å². The normalized spacial score (nSPS) is 10.9. The Morgan fingerprint density at radius 2 is 1.86 bits per heavy atom. The van der Waals surface area contributed by atoms with Gasteiger partial charge in [-0.15, -0.1) is 11.3 Å². The molecule has 0 saturated carbocycles. The Morgan fingerprint density at radius 1 is 1.14 bits per heavy atom. The first-order chi connectivity index (χ1) is 13.9. The van der Waals surface area contributed by atoms with Gasteiger partial charge in [-0.3, -0.25) is 4.79 Å². The number of hydrogen-bond acceptors (Lipinski definition) is 4. The summed E-state index contributed by atoms with van der Waals surface area (Å²) in [7, 11) is 1.30. The molecule has 0 atom stereocenters. The third-order valence-electron chi connectivity index (χ3n) is 3.95. The van der Waals surface area contributed by atoms with Crippen LogP contribution in [0.15, 0.2) is 58.4 Å². The SMILES string of the molecule is COC(=O)c1c(-c2ccc(Br)cc2)csc1NC(=O)/C=C/c1ccc(Cl)cc1Cl. The molecule has 1 heterocycles. The van der Waals surface area contributed by atoms with Crippen molar-refractivity contribution in [2.24, 2.45) is 0 Å². The number of halogens is 3. The summed E-state index contributed by atoms with van der Waals surface area (Å²) in [6.45, 7) is 0. The Hall–Kier alpha value is -2.12. The molecule has 8 heteroatoms. The van der Waals surface area contributed by atoms with E-state index < -0.39 is 11.9 Å². The fourth-order valence-corrected chi connectivity index (χ4v) is 4.25. The van der Waals surface area contributed by atoms with E-state index in [1.54, 1.807) is 24.3 Å². The zero-order valence-corrected chi connectivity index (χ0v) is 19.0. The average Bonchev–Trinajstić information content (AvgIpc) is 3.10. The lowest BCUT2D eigenvalue weighted by Gasteiger charge is -2.07. The van der Waals surface area contributed by atoms with Crippen LogP contribution in [0, 0.1) is 0 Å². The average molecular weight is 511 g/mol. The highest BCUT2D eigenvalue weighted by molar-refractivity contribution is 9.10. The van der Waals surface area contributed by atoms with Gasteiger partial charge in [-0.1, -0.05) is 57.3 Å². The van der Waals surface area contributed by atoms with E-state index in [2.05, 4.69) is 21.2 Å². The number of nitrogens with one attached hydrogen (secondary N) is 1. The molecule has 4 nitrogen and oxygen atoms in total. The third kappa shape index (κ3) is 5.28. The zero-order chi connectivity index (χ0) is 21.0. The minimum Gasteiger partial charge on any atom is -0.465 e. The van der Waals surface area contributed by atoms with Crippen molar-refractivity contribution in [1.82, 2.24) is 0 Å². The number of methoxy groups -OCH3 is 1. The van der Waals surface area contributed by atoms with E-state index in [4.69, 9.17) is 27.9 Å². The maximum atomic E-state index is 12.4. The summed E-state index contributed by atoms with van der Waals surface area (Å²) in [6.07, 6.45) is 2.92. The lowest BCUT2D eigenvalue weighted by atomic mass is 10.0. The van der Waals surface area contributed by atoms with Crippen LogP contribution in [-0.2, 0) is 9.53 Å². The molecule has 148 valence electrons. The largest absolute Gasteiger partial charge is 0.465 e. The molecule has 1 aromatic heterocycles. The Kier molecular flexibility index (Phi) is 7.14. The predicted octanol–water partition coefficient (Wildman–Crippen LogP) is 6.92. The highest BCUT2D eigenvalue weighted by Gasteiger charge is 2.21. The van der Waals surface area contributed by atoms with Crippen molar-refractivity contribution in [3.8, 4) is 11.1 Å². The van der Waals surface area contributed by atoms with Gasteiger partial charge < -0.3 is 10.1 Å². The van der Waals surface area contributed by atoms with E-state index in [1.807, 2.05) is 29.6 Å². The number of anilines is 1. The number of benzene rings is 2. The van der Waals surface area contributed by atoms with Crippen LogP contribution in [0.5, 0.6) is 0 Å². The molecule has 2 aromatic carbocycles.